The molecule has 1 aliphatic rings. The number of aromatic amines is 1. The van der Waals surface area contributed by atoms with Crippen LogP contribution in [0.4, 0.5) is 0 Å². The summed E-state index contributed by atoms with van der Waals surface area (Å²) in [6.07, 6.45) is 0.976. The minimum Gasteiger partial charge on any atom is -0.756 e. The number of nitrogens with zero attached hydrogens (tertiary/aromatic N) is 4. The first-order valence-corrected chi connectivity index (χ1v) is 13.1. The first-order valence-electron chi connectivity index (χ1n) is 8.64. The second-order valence-electron chi connectivity index (χ2n) is 7.28. The summed E-state index contributed by atoms with van der Waals surface area (Å²) in [5.41, 5.74) is 4.10. The van der Waals surface area contributed by atoms with Crippen LogP contribution >= 0.6 is 23.5 Å². The Morgan fingerprint density at radius 3 is 2.45 bits per heavy atom. The number of azide groups is 1. The molecule has 2 rings (SSSR count). The second-order valence-corrected chi connectivity index (χ2v) is 11.6. The first-order chi connectivity index (χ1) is 14.8. The molecule has 186 valence electrons. The molecule has 0 radical (unpaired) electrons. The molecule has 0 amide bonds. The molecular weight excluding hydrogens is 515 g/mol. The third kappa shape index (κ3) is 6.93. The minimum atomic E-state index is -6.05. The standard InChI is InChI=1S/C12H20N5O13P3/c1-7-5-17(10(19)14-9(7)18)12(3)4-8(15-16-13)11(2,28-12)6-27-32(23,24)30-33(25,26)29-31(20,21)22/h5,8H,4,6H2,1-3H3,(H,23,24)(H,25,26)(H,14,18,19)(H2,20,21,22)/p-2/t8?,11-,12-/m1/s1. The Morgan fingerprint density at radius 2 is 1.91 bits per heavy atom. The fraction of sp³-hybridized carbons (Fsp3) is 0.667. The Morgan fingerprint density at radius 1 is 1.30 bits per heavy atom. The summed E-state index contributed by atoms with van der Waals surface area (Å²) in [6.45, 7) is 3.00. The zero-order valence-corrected chi connectivity index (χ0v) is 19.8. The third-order valence-corrected chi connectivity index (χ3v) is 8.16. The summed E-state index contributed by atoms with van der Waals surface area (Å²) >= 11 is 0. The van der Waals surface area contributed by atoms with Gasteiger partial charge >= 0.3 is 13.5 Å². The van der Waals surface area contributed by atoms with E-state index < -0.39 is 58.7 Å². The van der Waals surface area contributed by atoms with Gasteiger partial charge in [-0.3, -0.25) is 23.5 Å². The molecule has 0 aliphatic carbocycles. The van der Waals surface area contributed by atoms with E-state index in [1.165, 1.54) is 27.0 Å². The molecule has 33 heavy (non-hydrogen) atoms. The lowest BCUT2D eigenvalue weighted by molar-refractivity contribution is -0.244. The quantitative estimate of drug-likeness (QED) is 0.156. The minimum absolute atomic E-state index is 0.137. The topological polar surface area (TPSA) is 278 Å². The van der Waals surface area contributed by atoms with Gasteiger partial charge in [0, 0.05) is 23.1 Å². The van der Waals surface area contributed by atoms with Gasteiger partial charge in [0.1, 0.15) is 11.3 Å². The highest BCUT2D eigenvalue weighted by molar-refractivity contribution is 7.65. The Hall–Kier alpha value is -1.64. The largest absolute Gasteiger partial charge is 0.756 e. The molecule has 3 N–H and O–H groups in total. The van der Waals surface area contributed by atoms with Crippen molar-refractivity contribution >= 4 is 23.5 Å². The predicted molar refractivity (Wildman–Crippen MR) is 102 cm³/mol. The van der Waals surface area contributed by atoms with Crippen molar-refractivity contribution in [2.45, 2.75) is 44.6 Å². The van der Waals surface area contributed by atoms with Crippen LogP contribution in [0.15, 0.2) is 20.9 Å². The lowest BCUT2D eigenvalue weighted by Crippen LogP contribution is -2.45. The Labute approximate surface area is 184 Å². The van der Waals surface area contributed by atoms with Crippen LogP contribution in [-0.2, 0) is 37.3 Å². The summed E-state index contributed by atoms with van der Waals surface area (Å²) in [4.78, 5) is 68.9. The maximum atomic E-state index is 12.3. The van der Waals surface area contributed by atoms with Gasteiger partial charge in [-0.2, -0.15) is 0 Å². The Bertz CT molecular complexity index is 1230. The predicted octanol–water partition coefficient (Wildman–Crippen LogP) is -0.545. The summed E-state index contributed by atoms with van der Waals surface area (Å²) in [7, 11) is -17.5. The van der Waals surface area contributed by atoms with Gasteiger partial charge in [0.2, 0.25) is 0 Å². The van der Waals surface area contributed by atoms with Crippen LogP contribution in [0.1, 0.15) is 25.8 Å². The average molecular weight is 533 g/mol. The Kier molecular flexibility index (Phi) is 7.69. The van der Waals surface area contributed by atoms with Crippen LogP contribution in [0.2, 0.25) is 0 Å². The molecule has 21 heteroatoms. The number of aromatic nitrogens is 2. The third-order valence-electron chi connectivity index (χ3n) is 4.47. The molecule has 18 nitrogen and oxygen atoms in total. The highest BCUT2D eigenvalue weighted by Gasteiger charge is 2.53. The van der Waals surface area contributed by atoms with Crippen LogP contribution in [0, 0.1) is 6.92 Å². The number of aryl methyl sites for hydroxylation is 1. The van der Waals surface area contributed by atoms with Crippen molar-refractivity contribution in [3.63, 3.8) is 0 Å². The average Bonchev–Trinajstić information content (AvgIpc) is 2.85. The molecule has 1 aliphatic heterocycles. The molecule has 3 unspecified atom stereocenters. The summed E-state index contributed by atoms with van der Waals surface area (Å²) in [5, 5.41) is 3.50. The molecule has 2 heterocycles. The van der Waals surface area contributed by atoms with E-state index in [9.17, 15) is 33.1 Å². The molecular formula is C12H18N5O13P3-2. The normalized spacial score (nSPS) is 29.1. The zero-order chi connectivity index (χ0) is 25.5. The number of rotatable bonds is 9. The van der Waals surface area contributed by atoms with E-state index in [-0.39, 0.29) is 12.0 Å². The number of phosphoric ester groups is 1. The van der Waals surface area contributed by atoms with Gasteiger partial charge in [0.15, 0.2) is 0 Å². The number of H-pyrrole nitrogens is 1. The first kappa shape index (κ1) is 27.6. The number of phosphoric acid groups is 3. The van der Waals surface area contributed by atoms with Crippen molar-refractivity contribution in [3.8, 4) is 0 Å². The Balaban J connectivity index is 2.31. The van der Waals surface area contributed by atoms with E-state index in [4.69, 9.17) is 20.1 Å². The molecule has 0 spiro atoms. The van der Waals surface area contributed by atoms with Crippen molar-refractivity contribution in [1.29, 1.82) is 0 Å². The van der Waals surface area contributed by atoms with Crippen LogP contribution < -0.4 is 21.0 Å². The smallest absolute Gasteiger partial charge is 0.476 e. The molecule has 0 saturated carbocycles. The van der Waals surface area contributed by atoms with Gasteiger partial charge < -0.3 is 28.8 Å². The van der Waals surface area contributed by atoms with Gasteiger partial charge in [0.05, 0.1) is 12.6 Å². The van der Waals surface area contributed by atoms with E-state index in [1.54, 1.807) is 0 Å². The second kappa shape index (κ2) is 9.19. The van der Waals surface area contributed by atoms with E-state index in [0.29, 0.717) is 0 Å². The molecule has 1 aromatic heterocycles. The summed E-state index contributed by atoms with van der Waals surface area (Å²) in [5.74, 6) is 0. The maximum Gasteiger partial charge on any atom is 0.476 e. The van der Waals surface area contributed by atoms with Gasteiger partial charge in [-0.05, 0) is 26.3 Å². The number of nitrogens with one attached hydrogen (secondary N) is 1. The van der Waals surface area contributed by atoms with Crippen LogP contribution in [0.25, 0.3) is 10.4 Å². The molecule has 0 bridgehead atoms. The van der Waals surface area contributed by atoms with Crippen molar-refractivity contribution < 1.29 is 51.2 Å². The monoisotopic (exact) mass is 533 g/mol. The van der Waals surface area contributed by atoms with Crippen molar-refractivity contribution in [2.24, 2.45) is 5.11 Å². The summed E-state index contributed by atoms with van der Waals surface area (Å²) in [6, 6.07) is -1.17. The zero-order valence-electron chi connectivity index (χ0n) is 17.1. The lowest BCUT2D eigenvalue weighted by atomic mass is 9.96. The highest BCUT2D eigenvalue weighted by atomic mass is 31.3. The molecule has 1 aromatic rings. The molecule has 5 atom stereocenters. The molecule has 0 aromatic carbocycles. The van der Waals surface area contributed by atoms with E-state index in [2.05, 4.69) is 28.2 Å². The molecule has 1 saturated heterocycles. The van der Waals surface area contributed by atoms with Gasteiger partial charge in [-0.25, -0.2) is 18.0 Å². The summed E-state index contributed by atoms with van der Waals surface area (Å²) < 4.78 is 52.0. The number of ether oxygens (including phenoxy) is 1. The molecule has 1 fully saturated rings. The maximum absolute atomic E-state index is 12.3. The SMILES string of the molecule is Cc1cn([C@@]2(C)CC(N=[N+]=[N-])[C@@](C)(COP(=O)([O-])OP(=O)([O-])OP(=O)(O)O)O2)c(=O)[nH]c1=O. The highest BCUT2D eigenvalue weighted by Crippen LogP contribution is 2.63. The fourth-order valence-corrected chi connectivity index (χ4v) is 6.11. The van der Waals surface area contributed by atoms with Gasteiger partial charge in [-0.1, -0.05) is 5.11 Å². The number of hydrogen-bond acceptors (Lipinski definition) is 12. The fourth-order valence-electron chi connectivity index (χ4n) is 3.10. The lowest BCUT2D eigenvalue weighted by Gasteiger charge is -2.35. The van der Waals surface area contributed by atoms with Crippen molar-refractivity contribution in [3.05, 3.63) is 43.0 Å². The van der Waals surface area contributed by atoms with Gasteiger partial charge in [0.25, 0.3) is 21.2 Å². The van der Waals surface area contributed by atoms with Crippen molar-refractivity contribution in [1.82, 2.24) is 9.55 Å². The van der Waals surface area contributed by atoms with E-state index in [1.807, 2.05) is 0 Å². The van der Waals surface area contributed by atoms with Crippen LogP contribution in [0.5, 0.6) is 0 Å². The van der Waals surface area contributed by atoms with Crippen LogP contribution in [-0.4, -0.2) is 37.6 Å². The van der Waals surface area contributed by atoms with Crippen LogP contribution in [0.3, 0.4) is 0 Å². The van der Waals surface area contributed by atoms with E-state index >= 15 is 0 Å². The number of hydrogen-bond donors (Lipinski definition) is 3. The van der Waals surface area contributed by atoms with Crippen molar-refractivity contribution in [2.75, 3.05) is 6.61 Å². The van der Waals surface area contributed by atoms with E-state index in [0.717, 1.165) is 4.57 Å². The van der Waals surface area contributed by atoms with Gasteiger partial charge in [-0.15, -0.1) is 0 Å².